The van der Waals surface area contributed by atoms with E-state index in [0.717, 1.165) is 48.8 Å². The molecule has 0 amide bonds. The normalized spacial score (nSPS) is 13.4. The number of imidazole rings is 1. The number of fused-ring (bicyclic) bond motifs is 2. The highest BCUT2D eigenvalue weighted by Crippen LogP contribution is 2.25. The molecule has 5 nitrogen and oxygen atoms in total. The van der Waals surface area contributed by atoms with Gasteiger partial charge in [-0.3, -0.25) is 0 Å². The van der Waals surface area contributed by atoms with Crippen LogP contribution >= 0.6 is 0 Å². The predicted octanol–water partition coefficient (Wildman–Crippen LogP) is 3.21. The van der Waals surface area contributed by atoms with Crippen LogP contribution in [0.4, 0.5) is 5.82 Å². The van der Waals surface area contributed by atoms with Crippen molar-refractivity contribution in [2.45, 2.75) is 32.9 Å². The van der Waals surface area contributed by atoms with Gasteiger partial charge in [0.25, 0.3) is 0 Å². The molecule has 0 bridgehead atoms. The third-order valence-corrected chi connectivity index (χ3v) is 4.33. The Hall–Kier alpha value is -2.40. The summed E-state index contributed by atoms with van der Waals surface area (Å²) in [5.41, 5.74) is 5.83. The van der Waals surface area contributed by atoms with Gasteiger partial charge in [0.15, 0.2) is 5.65 Å². The number of nitrogens with one attached hydrogen (secondary N) is 2. The molecule has 0 spiro atoms. The molecule has 1 aliphatic rings. The lowest BCUT2D eigenvalue weighted by Crippen LogP contribution is -2.05. The number of aromatic nitrogens is 3. The fraction of sp³-hybridized carbons (Fsp3) is 0.333. The van der Waals surface area contributed by atoms with Gasteiger partial charge in [-0.1, -0.05) is 25.5 Å². The summed E-state index contributed by atoms with van der Waals surface area (Å²) in [6, 6.07) is 10.6. The van der Waals surface area contributed by atoms with E-state index in [1.165, 1.54) is 17.5 Å². The van der Waals surface area contributed by atoms with Crippen LogP contribution in [-0.4, -0.2) is 21.1 Å². The second kappa shape index (κ2) is 6.01. The highest BCUT2D eigenvalue weighted by atomic mass is 15.3. The van der Waals surface area contributed by atoms with Crippen LogP contribution in [0.3, 0.4) is 0 Å². The fourth-order valence-corrected chi connectivity index (χ4v) is 3.01. The van der Waals surface area contributed by atoms with E-state index in [-0.39, 0.29) is 0 Å². The average Bonchev–Trinajstić information content (AvgIpc) is 3.20. The van der Waals surface area contributed by atoms with Crippen molar-refractivity contribution in [2.24, 2.45) is 0 Å². The van der Waals surface area contributed by atoms with E-state index in [2.05, 4.69) is 40.7 Å². The van der Waals surface area contributed by atoms with Gasteiger partial charge in [0, 0.05) is 25.2 Å². The SMILES string of the molecule is CCCCNc1ccc2ncc(-c3ccc4c(c3)CNC4)n2n1. The second-order valence-electron chi connectivity index (χ2n) is 6.00. The number of hydrogen-bond donors (Lipinski definition) is 2. The first-order valence-electron chi connectivity index (χ1n) is 8.26. The number of anilines is 1. The first-order chi connectivity index (χ1) is 11.3. The van der Waals surface area contributed by atoms with Gasteiger partial charge in [0.2, 0.25) is 0 Å². The van der Waals surface area contributed by atoms with Crippen LogP contribution in [0.25, 0.3) is 16.9 Å². The summed E-state index contributed by atoms with van der Waals surface area (Å²) in [4.78, 5) is 4.48. The molecule has 2 N–H and O–H groups in total. The van der Waals surface area contributed by atoms with Crippen molar-refractivity contribution < 1.29 is 0 Å². The maximum atomic E-state index is 4.70. The van der Waals surface area contributed by atoms with Crippen LogP contribution in [0.1, 0.15) is 30.9 Å². The highest BCUT2D eigenvalue weighted by molar-refractivity contribution is 5.65. The lowest BCUT2D eigenvalue weighted by molar-refractivity contribution is 0.765. The van der Waals surface area contributed by atoms with Crippen molar-refractivity contribution in [3.8, 4) is 11.3 Å². The van der Waals surface area contributed by atoms with Gasteiger partial charge in [-0.2, -0.15) is 0 Å². The van der Waals surface area contributed by atoms with Gasteiger partial charge < -0.3 is 10.6 Å². The van der Waals surface area contributed by atoms with E-state index in [1.807, 2.05) is 22.8 Å². The Kier molecular flexibility index (Phi) is 3.71. The topological polar surface area (TPSA) is 54.2 Å². The lowest BCUT2D eigenvalue weighted by atomic mass is 10.0. The van der Waals surface area contributed by atoms with Gasteiger partial charge in [-0.15, -0.1) is 5.10 Å². The van der Waals surface area contributed by atoms with E-state index < -0.39 is 0 Å². The highest BCUT2D eigenvalue weighted by Gasteiger charge is 2.13. The number of benzene rings is 1. The molecule has 2 aromatic heterocycles. The summed E-state index contributed by atoms with van der Waals surface area (Å²) < 4.78 is 1.93. The molecule has 0 fully saturated rings. The van der Waals surface area contributed by atoms with Gasteiger partial charge in [-0.25, -0.2) is 9.50 Å². The molecule has 118 valence electrons. The van der Waals surface area contributed by atoms with E-state index >= 15 is 0 Å². The van der Waals surface area contributed by atoms with Gasteiger partial charge >= 0.3 is 0 Å². The summed E-state index contributed by atoms with van der Waals surface area (Å²) >= 11 is 0. The van der Waals surface area contributed by atoms with Gasteiger partial charge in [0.1, 0.15) is 5.82 Å². The Balaban J connectivity index is 1.70. The first-order valence-corrected chi connectivity index (χ1v) is 8.26. The number of unbranched alkanes of at least 4 members (excludes halogenated alkanes) is 1. The zero-order valence-electron chi connectivity index (χ0n) is 13.3. The number of nitrogens with zero attached hydrogens (tertiary/aromatic N) is 3. The molecule has 0 saturated heterocycles. The summed E-state index contributed by atoms with van der Waals surface area (Å²) in [7, 11) is 0. The molecule has 0 unspecified atom stereocenters. The van der Waals surface area contributed by atoms with Crippen LogP contribution in [-0.2, 0) is 13.1 Å². The maximum Gasteiger partial charge on any atom is 0.154 e. The molecular weight excluding hydrogens is 286 g/mol. The molecule has 4 rings (SSSR count). The van der Waals surface area contributed by atoms with Crippen LogP contribution < -0.4 is 10.6 Å². The number of hydrogen-bond acceptors (Lipinski definition) is 4. The zero-order chi connectivity index (χ0) is 15.6. The maximum absolute atomic E-state index is 4.70. The van der Waals surface area contributed by atoms with Crippen molar-refractivity contribution in [1.29, 1.82) is 0 Å². The smallest absolute Gasteiger partial charge is 0.154 e. The van der Waals surface area contributed by atoms with Gasteiger partial charge in [-0.05, 0) is 35.7 Å². The monoisotopic (exact) mass is 307 g/mol. The zero-order valence-corrected chi connectivity index (χ0v) is 13.3. The minimum Gasteiger partial charge on any atom is -0.369 e. The number of rotatable bonds is 5. The van der Waals surface area contributed by atoms with Crippen molar-refractivity contribution in [2.75, 3.05) is 11.9 Å². The van der Waals surface area contributed by atoms with Crippen LogP contribution in [0, 0.1) is 0 Å². The first kappa shape index (κ1) is 14.2. The Morgan fingerprint density at radius 1 is 1.17 bits per heavy atom. The third-order valence-electron chi connectivity index (χ3n) is 4.33. The van der Waals surface area contributed by atoms with E-state index in [1.54, 1.807) is 0 Å². The fourth-order valence-electron chi connectivity index (χ4n) is 3.01. The third kappa shape index (κ3) is 2.68. The summed E-state index contributed by atoms with van der Waals surface area (Å²) in [5.74, 6) is 0.896. The summed E-state index contributed by atoms with van der Waals surface area (Å²) in [5, 5.41) is 11.5. The predicted molar refractivity (Wildman–Crippen MR) is 92.4 cm³/mol. The van der Waals surface area contributed by atoms with Crippen molar-refractivity contribution in [3.05, 3.63) is 47.7 Å². The summed E-state index contributed by atoms with van der Waals surface area (Å²) in [6.45, 7) is 5.04. The lowest BCUT2D eigenvalue weighted by Gasteiger charge is -2.07. The molecule has 3 aromatic rings. The van der Waals surface area contributed by atoms with Crippen molar-refractivity contribution in [1.82, 2.24) is 19.9 Å². The van der Waals surface area contributed by atoms with E-state index in [9.17, 15) is 0 Å². The largest absolute Gasteiger partial charge is 0.369 e. The molecule has 1 aliphatic heterocycles. The minimum absolute atomic E-state index is 0.875. The molecule has 1 aromatic carbocycles. The Bertz CT molecular complexity index is 837. The molecule has 0 aliphatic carbocycles. The quantitative estimate of drug-likeness (QED) is 0.711. The van der Waals surface area contributed by atoms with Crippen molar-refractivity contribution in [3.63, 3.8) is 0 Å². The van der Waals surface area contributed by atoms with Crippen molar-refractivity contribution >= 4 is 11.5 Å². The average molecular weight is 307 g/mol. The Morgan fingerprint density at radius 3 is 3.00 bits per heavy atom. The minimum atomic E-state index is 0.875. The molecule has 23 heavy (non-hydrogen) atoms. The Morgan fingerprint density at radius 2 is 2.09 bits per heavy atom. The molecule has 5 heteroatoms. The Labute approximate surface area is 135 Å². The van der Waals surface area contributed by atoms with Crippen LogP contribution in [0.15, 0.2) is 36.5 Å². The van der Waals surface area contributed by atoms with Gasteiger partial charge in [0.05, 0.1) is 11.9 Å². The van der Waals surface area contributed by atoms with Crippen LogP contribution in [0.5, 0.6) is 0 Å². The summed E-state index contributed by atoms with van der Waals surface area (Å²) in [6.07, 6.45) is 4.23. The molecule has 0 saturated carbocycles. The standard InChI is InChI=1S/C18H21N5/c1-2-3-8-20-17-6-7-18-21-12-16(23(18)22-17)13-4-5-14-10-19-11-15(14)9-13/h4-7,9,12,19H,2-3,8,10-11H2,1H3,(H,20,22). The molecule has 0 radical (unpaired) electrons. The molecule has 3 heterocycles. The van der Waals surface area contributed by atoms with E-state index in [4.69, 9.17) is 5.10 Å². The van der Waals surface area contributed by atoms with E-state index in [0.29, 0.717) is 0 Å². The van der Waals surface area contributed by atoms with Crippen LogP contribution in [0.2, 0.25) is 0 Å². The molecular formula is C18H21N5. The molecule has 0 atom stereocenters. The second-order valence-corrected chi connectivity index (χ2v) is 6.00.